The van der Waals surface area contributed by atoms with Crippen LogP contribution >= 0.6 is 23.5 Å². The van der Waals surface area contributed by atoms with E-state index in [0.29, 0.717) is 0 Å². The Morgan fingerprint density at radius 3 is 2.05 bits per heavy atom. The highest BCUT2D eigenvalue weighted by molar-refractivity contribution is 8.05. The van der Waals surface area contributed by atoms with Crippen molar-refractivity contribution in [1.82, 2.24) is 0 Å². The predicted molar refractivity (Wildman–Crippen MR) is 86.5 cm³/mol. The lowest BCUT2D eigenvalue weighted by Gasteiger charge is -2.20. The van der Waals surface area contributed by atoms with E-state index in [9.17, 15) is 4.39 Å². The molecule has 0 saturated heterocycles. The van der Waals surface area contributed by atoms with Gasteiger partial charge >= 0.3 is 0 Å². The lowest BCUT2D eigenvalue weighted by atomic mass is 10.1. The predicted octanol–water partition coefficient (Wildman–Crippen LogP) is 6.11. The molecule has 0 spiro atoms. The van der Waals surface area contributed by atoms with Crippen molar-refractivity contribution in [2.75, 3.05) is 0 Å². The summed E-state index contributed by atoms with van der Waals surface area (Å²) in [5.41, 5.74) is 2.22. The minimum atomic E-state index is -0.198. The fraction of sp³-hybridized carbons (Fsp3) is 0. The van der Waals surface area contributed by atoms with Crippen LogP contribution in [0.15, 0.2) is 86.3 Å². The van der Waals surface area contributed by atoms with Crippen LogP contribution in [0.1, 0.15) is 0 Å². The van der Waals surface area contributed by atoms with E-state index in [2.05, 4.69) is 42.5 Å². The molecule has 0 fully saturated rings. The minimum absolute atomic E-state index is 0.198. The van der Waals surface area contributed by atoms with E-state index >= 15 is 0 Å². The molecule has 3 aromatic carbocycles. The largest absolute Gasteiger partial charge is 0.207 e. The van der Waals surface area contributed by atoms with Crippen LogP contribution in [0.25, 0.3) is 11.1 Å². The van der Waals surface area contributed by atoms with E-state index in [1.54, 1.807) is 23.5 Å². The zero-order valence-corrected chi connectivity index (χ0v) is 12.7. The molecule has 0 aromatic heterocycles. The molecule has 3 heteroatoms. The molecular formula is C18H11FS2. The van der Waals surface area contributed by atoms with Gasteiger partial charge in [-0.15, -0.1) is 0 Å². The van der Waals surface area contributed by atoms with Gasteiger partial charge in [-0.1, -0.05) is 59.9 Å². The second-order valence-corrected chi connectivity index (χ2v) is 6.93. The molecule has 0 nitrogen and oxygen atoms in total. The van der Waals surface area contributed by atoms with Gasteiger partial charge in [0.1, 0.15) is 5.82 Å². The molecule has 0 saturated carbocycles. The summed E-state index contributed by atoms with van der Waals surface area (Å²) in [6.45, 7) is 0. The summed E-state index contributed by atoms with van der Waals surface area (Å²) in [5.74, 6) is -0.198. The van der Waals surface area contributed by atoms with Gasteiger partial charge in [-0.3, -0.25) is 0 Å². The van der Waals surface area contributed by atoms with Crippen molar-refractivity contribution in [2.24, 2.45) is 0 Å². The third-order valence-electron chi connectivity index (χ3n) is 3.42. The number of fused-ring (bicyclic) bond motifs is 2. The Balaban J connectivity index is 1.84. The number of hydrogen-bond acceptors (Lipinski definition) is 2. The van der Waals surface area contributed by atoms with Crippen molar-refractivity contribution in [3.63, 3.8) is 0 Å². The standard InChI is InChI=1S/C18H11FS2/c19-13-10-8-12(9-11-13)14-4-3-7-17-18(14)21-16-6-2-1-5-15(16)20-17/h1-11H. The Hall–Kier alpha value is -1.71. The number of benzene rings is 3. The summed E-state index contributed by atoms with van der Waals surface area (Å²) in [6.07, 6.45) is 0. The van der Waals surface area contributed by atoms with Crippen molar-refractivity contribution < 1.29 is 4.39 Å². The topological polar surface area (TPSA) is 0 Å². The van der Waals surface area contributed by atoms with E-state index < -0.39 is 0 Å². The highest BCUT2D eigenvalue weighted by Gasteiger charge is 2.19. The summed E-state index contributed by atoms with van der Waals surface area (Å²) in [6, 6.07) is 21.5. The quantitative estimate of drug-likeness (QED) is 0.416. The van der Waals surface area contributed by atoms with E-state index in [0.717, 1.165) is 5.56 Å². The second kappa shape index (κ2) is 5.24. The van der Waals surface area contributed by atoms with Gasteiger partial charge in [-0.2, -0.15) is 0 Å². The lowest BCUT2D eigenvalue weighted by Crippen LogP contribution is -1.92. The van der Waals surface area contributed by atoms with E-state index in [1.807, 2.05) is 12.1 Å². The van der Waals surface area contributed by atoms with Crippen molar-refractivity contribution in [3.05, 3.63) is 72.5 Å². The Kier molecular flexibility index (Phi) is 3.24. The smallest absolute Gasteiger partial charge is 0.123 e. The van der Waals surface area contributed by atoms with Gasteiger partial charge in [-0.05, 0) is 41.5 Å². The number of halogens is 1. The molecule has 0 amide bonds. The van der Waals surface area contributed by atoms with E-state index in [4.69, 9.17) is 0 Å². The van der Waals surface area contributed by atoms with Crippen LogP contribution in [0.3, 0.4) is 0 Å². The molecule has 0 N–H and O–H groups in total. The summed E-state index contributed by atoms with van der Waals surface area (Å²) < 4.78 is 13.1. The Morgan fingerprint density at radius 1 is 0.619 bits per heavy atom. The fourth-order valence-electron chi connectivity index (χ4n) is 2.41. The van der Waals surface area contributed by atoms with Gasteiger partial charge in [0.15, 0.2) is 0 Å². The first kappa shape index (κ1) is 13.0. The molecule has 102 valence electrons. The second-order valence-electron chi connectivity index (χ2n) is 4.79. The van der Waals surface area contributed by atoms with Crippen LogP contribution in [0, 0.1) is 5.82 Å². The first-order valence-electron chi connectivity index (χ1n) is 6.65. The highest BCUT2D eigenvalue weighted by atomic mass is 32.2. The van der Waals surface area contributed by atoms with Gasteiger partial charge in [0.25, 0.3) is 0 Å². The van der Waals surface area contributed by atoms with Crippen LogP contribution in [0.4, 0.5) is 4.39 Å². The van der Waals surface area contributed by atoms with Gasteiger partial charge < -0.3 is 0 Å². The van der Waals surface area contributed by atoms with E-state index in [-0.39, 0.29) is 5.82 Å². The monoisotopic (exact) mass is 310 g/mol. The zero-order valence-electron chi connectivity index (χ0n) is 11.0. The molecule has 21 heavy (non-hydrogen) atoms. The first-order chi connectivity index (χ1) is 10.3. The van der Waals surface area contributed by atoms with Crippen LogP contribution in [0.2, 0.25) is 0 Å². The van der Waals surface area contributed by atoms with Crippen molar-refractivity contribution >= 4 is 23.5 Å². The SMILES string of the molecule is Fc1ccc(-c2cccc3c2Sc2ccccc2S3)cc1. The third kappa shape index (κ3) is 2.37. The third-order valence-corrected chi connectivity index (χ3v) is 6.03. The molecule has 0 radical (unpaired) electrons. The minimum Gasteiger partial charge on any atom is -0.207 e. The van der Waals surface area contributed by atoms with Crippen molar-refractivity contribution in [3.8, 4) is 11.1 Å². The summed E-state index contributed by atoms with van der Waals surface area (Å²) in [5, 5.41) is 0. The molecule has 3 aromatic rings. The van der Waals surface area contributed by atoms with E-state index in [1.165, 1.54) is 37.3 Å². The molecule has 0 aliphatic carbocycles. The zero-order chi connectivity index (χ0) is 14.2. The summed E-state index contributed by atoms with van der Waals surface area (Å²) >= 11 is 3.59. The number of hydrogen-bond donors (Lipinski definition) is 0. The molecule has 0 bridgehead atoms. The average molecular weight is 310 g/mol. The highest BCUT2D eigenvalue weighted by Crippen LogP contribution is 2.51. The molecule has 1 heterocycles. The maximum absolute atomic E-state index is 13.1. The number of rotatable bonds is 1. The lowest BCUT2D eigenvalue weighted by molar-refractivity contribution is 0.628. The van der Waals surface area contributed by atoms with Crippen LogP contribution in [-0.2, 0) is 0 Å². The van der Waals surface area contributed by atoms with Gasteiger partial charge in [0.05, 0.1) is 0 Å². The summed E-state index contributed by atoms with van der Waals surface area (Å²) in [4.78, 5) is 5.10. The Morgan fingerprint density at radius 2 is 1.29 bits per heavy atom. The molecule has 0 atom stereocenters. The first-order valence-corrected chi connectivity index (χ1v) is 8.28. The van der Waals surface area contributed by atoms with Crippen LogP contribution in [0.5, 0.6) is 0 Å². The Bertz CT molecular complexity index is 810. The summed E-state index contributed by atoms with van der Waals surface area (Å²) in [7, 11) is 0. The normalized spacial score (nSPS) is 12.6. The maximum Gasteiger partial charge on any atom is 0.123 e. The van der Waals surface area contributed by atoms with Crippen molar-refractivity contribution in [2.45, 2.75) is 19.6 Å². The Labute approximate surface area is 131 Å². The fourth-order valence-corrected chi connectivity index (χ4v) is 4.81. The van der Waals surface area contributed by atoms with Gasteiger partial charge in [-0.25, -0.2) is 4.39 Å². The van der Waals surface area contributed by atoms with Crippen LogP contribution < -0.4 is 0 Å². The molecular weight excluding hydrogens is 299 g/mol. The maximum atomic E-state index is 13.1. The molecule has 0 unspecified atom stereocenters. The molecule has 1 aliphatic heterocycles. The molecule has 4 rings (SSSR count). The molecule has 1 aliphatic rings. The van der Waals surface area contributed by atoms with Gasteiger partial charge in [0, 0.05) is 19.6 Å². The van der Waals surface area contributed by atoms with Crippen LogP contribution in [-0.4, -0.2) is 0 Å². The van der Waals surface area contributed by atoms with Gasteiger partial charge in [0.2, 0.25) is 0 Å². The average Bonchev–Trinajstić information content (AvgIpc) is 2.53. The van der Waals surface area contributed by atoms with Crippen molar-refractivity contribution in [1.29, 1.82) is 0 Å².